The maximum absolute atomic E-state index is 12.2. The van der Waals surface area contributed by atoms with Gasteiger partial charge in [0.25, 0.3) is 0 Å². The summed E-state index contributed by atoms with van der Waals surface area (Å²) in [5.74, 6) is -0.106. The van der Waals surface area contributed by atoms with Crippen LogP contribution in [0.4, 0.5) is 13.2 Å². The van der Waals surface area contributed by atoms with Crippen molar-refractivity contribution >= 4 is 11.6 Å². The molecule has 0 radical (unpaired) electrons. The maximum Gasteiger partial charge on any atom is 0.435 e. The molecule has 0 amide bonds. The maximum atomic E-state index is 12.2. The van der Waals surface area contributed by atoms with Crippen molar-refractivity contribution in [2.45, 2.75) is 18.6 Å². The Labute approximate surface area is 82.7 Å². The van der Waals surface area contributed by atoms with Crippen LogP contribution in [0, 0.1) is 11.3 Å². The van der Waals surface area contributed by atoms with Gasteiger partial charge < -0.3 is 0 Å². The molecular weight excluding hydrogens is 219 g/mol. The Bertz CT molecular complexity index is 363. The van der Waals surface area contributed by atoms with Crippen LogP contribution in [-0.4, -0.2) is 9.78 Å². The van der Waals surface area contributed by atoms with E-state index in [-0.39, 0.29) is 18.1 Å². The zero-order valence-electron chi connectivity index (χ0n) is 6.85. The summed E-state index contributed by atoms with van der Waals surface area (Å²) in [6.07, 6.45) is -4.50. The van der Waals surface area contributed by atoms with Crippen LogP contribution in [0.15, 0.2) is 6.07 Å². The van der Waals surface area contributed by atoms with Gasteiger partial charge >= 0.3 is 6.18 Å². The SMILES string of the molecule is N#CCn1nc(C(F)(F)F)cc1CCl. The number of hydrogen-bond donors (Lipinski definition) is 0. The summed E-state index contributed by atoms with van der Waals surface area (Å²) in [6.45, 7) is -0.238. The van der Waals surface area contributed by atoms with E-state index in [1.54, 1.807) is 6.07 Å². The minimum Gasteiger partial charge on any atom is -0.254 e. The Morgan fingerprint density at radius 2 is 2.21 bits per heavy atom. The molecule has 0 spiro atoms. The van der Waals surface area contributed by atoms with E-state index in [2.05, 4.69) is 5.10 Å². The molecule has 0 fully saturated rings. The zero-order chi connectivity index (χ0) is 10.8. The Morgan fingerprint density at radius 3 is 2.64 bits per heavy atom. The summed E-state index contributed by atoms with van der Waals surface area (Å²) in [4.78, 5) is 0. The molecule has 3 nitrogen and oxygen atoms in total. The van der Waals surface area contributed by atoms with Crippen molar-refractivity contribution in [3.8, 4) is 6.07 Å². The van der Waals surface area contributed by atoms with Gasteiger partial charge in [0.1, 0.15) is 6.54 Å². The van der Waals surface area contributed by atoms with Gasteiger partial charge in [-0.05, 0) is 6.07 Å². The third-order valence-electron chi connectivity index (χ3n) is 1.51. The average Bonchev–Trinajstić information content (AvgIpc) is 2.47. The van der Waals surface area contributed by atoms with Crippen LogP contribution in [0.2, 0.25) is 0 Å². The number of rotatable bonds is 2. The number of nitrogens with zero attached hydrogens (tertiary/aromatic N) is 3. The van der Waals surface area contributed by atoms with Crippen molar-refractivity contribution in [3.05, 3.63) is 17.5 Å². The van der Waals surface area contributed by atoms with Crippen molar-refractivity contribution in [3.63, 3.8) is 0 Å². The van der Waals surface area contributed by atoms with Crippen LogP contribution in [0.25, 0.3) is 0 Å². The molecule has 0 aliphatic heterocycles. The summed E-state index contributed by atoms with van der Waals surface area (Å²) in [7, 11) is 0. The molecular formula is C7H5ClF3N3. The molecule has 14 heavy (non-hydrogen) atoms. The first-order valence-corrected chi connectivity index (χ1v) is 4.09. The molecule has 0 atom stereocenters. The van der Waals surface area contributed by atoms with Gasteiger partial charge in [-0.3, -0.25) is 4.68 Å². The fourth-order valence-electron chi connectivity index (χ4n) is 0.905. The van der Waals surface area contributed by atoms with Crippen molar-refractivity contribution in [2.24, 2.45) is 0 Å². The van der Waals surface area contributed by atoms with E-state index >= 15 is 0 Å². The predicted molar refractivity (Wildman–Crippen MR) is 42.4 cm³/mol. The quantitative estimate of drug-likeness (QED) is 0.721. The molecule has 0 saturated carbocycles. The fourth-order valence-corrected chi connectivity index (χ4v) is 1.12. The molecule has 1 aromatic heterocycles. The highest BCUT2D eigenvalue weighted by atomic mass is 35.5. The molecule has 0 aliphatic carbocycles. The normalized spacial score (nSPS) is 11.4. The van der Waals surface area contributed by atoms with Crippen LogP contribution < -0.4 is 0 Å². The summed E-state index contributed by atoms with van der Waals surface area (Å²) in [5.41, 5.74) is -0.844. The van der Waals surface area contributed by atoms with Gasteiger partial charge in [0.15, 0.2) is 5.69 Å². The Balaban J connectivity index is 3.08. The summed E-state index contributed by atoms with van der Waals surface area (Å²) in [5, 5.41) is 11.5. The molecule has 0 unspecified atom stereocenters. The number of aromatic nitrogens is 2. The lowest BCUT2D eigenvalue weighted by molar-refractivity contribution is -0.141. The van der Waals surface area contributed by atoms with Crippen LogP contribution in [0.3, 0.4) is 0 Å². The van der Waals surface area contributed by atoms with E-state index in [0.29, 0.717) is 0 Å². The summed E-state index contributed by atoms with van der Waals surface area (Å²) in [6, 6.07) is 2.54. The molecule has 7 heteroatoms. The summed E-state index contributed by atoms with van der Waals surface area (Å²) < 4.78 is 37.4. The molecule has 0 aliphatic rings. The number of halogens is 4. The first-order valence-electron chi connectivity index (χ1n) is 3.56. The topological polar surface area (TPSA) is 41.6 Å². The van der Waals surface area contributed by atoms with Crippen LogP contribution >= 0.6 is 11.6 Å². The van der Waals surface area contributed by atoms with Crippen LogP contribution in [0.1, 0.15) is 11.4 Å². The van der Waals surface area contributed by atoms with Crippen LogP contribution in [0.5, 0.6) is 0 Å². The van der Waals surface area contributed by atoms with E-state index in [9.17, 15) is 13.2 Å². The lowest BCUT2D eigenvalue weighted by Gasteiger charge is -1.99. The Kier molecular flexibility index (Phi) is 3.01. The third-order valence-corrected chi connectivity index (χ3v) is 1.78. The van der Waals surface area contributed by atoms with Gasteiger partial charge in [-0.15, -0.1) is 11.6 Å². The zero-order valence-corrected chi connectivity index (χ0v) is 7.60. The van der Waals surface area contributed by atoms with E-state index in [1.807, 2.05) is 0 Å². The lowest BCUT2D eigenvalue weighted by atomic mass is 10.3. The monoisotopic (exact) mass is 223 g/mol. The lowest BCUT2D eigenvalue weighted by Crippen LogP contribution is -2.08. The van der Waals surface area contributed by atoms with Crippen LogP contribution in [-0.2, 0) is 18.6 Å². The Hall–Kier alpha value is -1.22. The second-order valence-electron chi connectivity index (χ2n) is 2.47. The highest BCUT2D eigenvalue weighted by molar-refractivity contribution is 6.16. The van der Waals surface area contributed by atoms with Crippen molar-refractivity contribution in [1.82, 2.24) is 9.78 Å². The second-order valence-corrected chi connectivity index (χ2v) is 2.74. The van der Waals surface area contributed by atoms with Gasteiger partial charge in [0.2, 0.25) is 0 Å². The summed E-state index contributed by atoms with van der Waals surface area (Å²) >= 11 is 5.39. The predicted octanol–water partition coefficient (Wildman–Crippen LogP) is 2.16. The minimum absolute atomic E-state index is 0.106. The number of hydrogen-bond acceptors (Lipinski definition) is 2. The average molecular weight is 224 g/mol. The molecule has 0 bridgehead atoms. The second kappa shape index (κ2) is 3.88. The minimum atomic E-state index is -4.50. The molecule has 1 heterocycles. The fraction of sp³-hybridized carbons (Fsp3) is 0.429. The first-order chi connectivity index (χ1) is 6.49. The highest BCUT2D eigenvalue weighted by Gasteiger charge is 2.34. The van der Waals surface area contributed by atoms with E-state index in [4.69, 9.17) is 16.9 Å². The van der Waals surface area contributed by atoms with Gasteiger partial charge in [-0.1, -0.05) is 0 Å². The van der Waals surface area contributed by atoms with Gasteiger partial charge in [0.05, 0.1) is 17.6 Å². The molecule has 0 saturated heterocycles. The number of alkyl halides is 4. The molecule has 76 valence electrons. The molecule has 1 rings (SSSR count). The van der Waals surface area contributed by atoms with Gasteiger partial charge in [0, 0.05) is 0 Å². The standard InChI is InChI=1S/C7H5ClF3N3/c8-4-5-3-6(7(9,10)11)13-14(5)2-1-12/h3H,2,4H2. The van der Waals surface area contributed by atoms with Crippen molar-refractivity contribution < 1.29 is 13.2 Å². The van der Waals surface area contributed by atoms with Gasteiger partial charge in [-0.2, -0.15) is 23.5 Å². The molecule has 0 aromatic carbocycles. The van der Waals surface area contributed by atoms with Crippen molar-refractivity contribution in [1.29, 1.82) is 5.26 Å². The van der Waals surface area contributed by atoms with Crippen molar-refractivity contribution in [2.75, 3.05) is 0 Å². The highest BCUT2D eigenvalue weighted by Crippen LogP contribution is 2.28. The smallest absolute Gasteiger partial charge is 0.254 e. The number of nitriles is 1. The first kappa shape index (κ1) is 10.9. The van der Waals surface area contributed by atoms with E-state index in [1.165, 1.54) is 0 Å². The van der Waals surface area contributed by atoms with Gasteiger partial charge in [-0.25, -0.2) is 0 Å². The molecule has 0 N–H and O–H groups in total. The molecule has 1 aromatic rings. The third kappa shape index (κ3) is 2.17. The van der Waals surface area contributed by atoms with E-state index < -0.39 is 11.9 Å². The Morgan fingerprint density at radius 1 is 1.57 bits per heavy atom. The largest absolute Gasteiger partial charge is 0.435 e. The van der Waals surface area contributed by atoms with E-state index in [0.717, 1.165) is 10.7 Å².